The quantitative estimate of drug-likeness (QED) is 0.642. The Morgan fingerprint density at radius 2 is 2.33 bits per heavy atom. The van der Waals surface area contributed by atoms with Crippen molar-refractivity contribution in [3.8, 4) is 0 Å². The van der Waals surface area contributed by atoms with Gasteiger partial charge in [0.05, 0.1) is 6.10 Å². The third-order valence-corrected chi connectivity index (χ3v) is 2.89. The Bertz CT molecular complexity index is 149. The molecule has 1 saturated carbocycles. The van der Waals surface area contributed by atoms with Crippen LogP contribution >= 0.6 is 0 Å². The second-order valence-electron chi connectivity index (χ2n) is 3.67. The van der Waals surface area contributed by atoms with Gasteiger partial charge in [-0.05, 0) is 24.7 Å². The molecule has 3 nitrogen and oxygen atoms in total. The van der Waals surface area contributed by atoms with E-state index in [0.717, 1.165) is 6.42 Å². The van der Waals surface area contributed by atoms with E-state index >= 15 is 0 Å². The average Bonchev–Trinajstić information content (AvgIpc) is 1.98. The number of aliphatic hydroxyl groups is 1. The van der Waals surface area contributed by atoms with Crippen LogP contribution in [0.5, 0.6) is 0 Å². The molecule has 3 heteroatoms. The Balaban J connectivity index is 2.27. The van der Waals surface area contributed by atoms with Crippen LogP contribution in [0.25, 0.3) is 0 Å². The standard InChI is InChI=1S/C9H17NO2/c1-2-3-7-4-5-8(7)9(11)6-10-12/h7-9,11H,2-6H2,1H3. The van der Waals surface area contributed by atoms with Gasteiger partial charge in [-0.2, -0.15) is 4.91 Å². The maximum Gasteiger partial charge on any atom is 0.107 e. The Labute approximate surface area is 73.1 Å². The van der Waals surface area contributed by atoms with Crippen molar-refractivity contribution in [2.75, 3.05) is 6.54 Å². The molecule has 3 unspecified atom stereocenters. The van der Waals surface area contributed by atoms with Gasteiger partial charge in [0, 0.05) is 0 Å². The van der Waals surface area contributed by atoms with Gasteiger partial charge < -0.3 is 5.11 Å². The maximum absolute atomic E-state index is 9.91. The Morgan fingerprint density at radius 3 is 2.75 bits per heavy atom. The van der Waals surface area contributed by atoms with E-state index in [0.29, 0.717) is 11.8 Å². The first-order chi connectivity index (χ1) is 5.79. The topological polar surface area (TPSA) is 49.7 Å². The van der Waals surface area contributed by atoms with Crippen LogP contribution in [0.2, 0.25) is 0 Å². The molecule has 1 aliphatic carbocycles. The van der Waals surface area contributed by atoms with Crippen LogP contribution in [0.3, 0.4) is 0 Å². The smallest absolute Gasteiger partial charge is 0.107 e. The summed E-state index contributed by atoms with van der Waals surface area (Å²) in [6, 6.07) is 0. The molecule has 0 heterocycles. The van der Waals surface area contributed by atoms with Crippen molar-refractivity contribution < 1.29 is 5.11 Å². The number of rotatable bonds is 5. The first kappa shape index (κ1) is 9.65. The first-order valence-electron chi connectivity index (χ1n) is 4.76. The normalized spacial score (nSPS) is 30.8. The minimum absolute atomic E-state index is 0.0743. The van der Waals surface area contributed by atoms with Gasteiger partial charge in [-0.25, -0.2) is 0 Å². The van der Waals surface area contributed by atoms with E-state index < -0.39 is 6.10 Å². The number of hydrogen-bond acceptors (Lipinski definition) is 3. The third kappa shape index (κ3) is 2.03. The number of aliphatic hydroxyl groups excluding tert-OH is 1. The van der Waals surface area contributed by atoms with Crippen LogP contribution in [0.15, 0.2) is 5.18 Å². The minimum atomic E-state index is -0.479. The summed E-state index contributed by atoms with van der Waals surface area (Å²) in [6.07, 6.45) is 4.16. The summed E-state index contributed by atoms with van der Waals surface area (Å²) in [5.41, 5.74) is 0. The molecule has 0 aliphatic heterocycles. The molecule has 0 aromatic heterocycles. The molecule has 70 valence electrons. The molecular weight excluding hydrogens is 154 g/mol. The minimum Gasteiger partial charge on any atom is -0.391 e. The predicted molar refractivity (Wildman–Crippen MR) is 47.8 cm³/mol. The Hall–Kier alpha value is -0.440. The van der Waals surface area contributed by atoms with Gasteiger partial charge in [0.2, 0.25) is 0 Å². The SMILES string of the molecule is CCCC1CCC1C(O)CN=O. The van der Waals surface area contributed by atoms with Crippen LogP contribution in [0.1, 0.15) is 32.6 Å². The highest BCUT2D eigenvalue weighted by atomic mass is 16.3. The molecule has 1 rings (SSSR count). The van der Waals surface area contributed by atoms with Gasteiger partial charge in [-0.15, -0.1) is 0 Å². The van der Waals surface area contributed by atoms with Crippen molar-refractivity contribution in [2.45, 2.75) is 38.7 Å². The zero-order chi connectivity index (χ0) is 8.97. The lowest BCUT2D eigenvalue weighted by molar-refractivity contribution is 0.0150. The first-order valence-corrected chi connectivity index (χ1v) is 4.76. The zero-order valence-electron chi connectivity index (χ0n) is 7.57. The fraction of sp³-hybridized carbons (Fsp3) is 1.00. The summed E-state index contributed by atoms with van der Waals surface area (Å²) in [6.45, 7) is 2.23. The van der Waals surface area contributed by atoms with Gasteiger partial charge in [0.1, 0.15) is 6.54 Å². The van der Waals surface area contributed by atoms with Gasteiger partial charge in [0.25, 0.3) is 0 Å². The highest BCUT2D eigenvalue weighted by molar-refractivity contribution is 4.86. The van der Waals surface area contributed by atoms with E-state index in [1.54, 1.807) is 0 Å². The van der Waals surface area contributed by atoms with Crippen molar-refractivity contribution >= 4 is 0 Å². The summed E-state index contributed by atoms with van der Waals surface area (Å²) in [7, 11) is 0. The summed E-state index contributed by atoms with van der Waals surface area (Å²) in [5.74, 6) is 0.995. The van der Waals surface area contributed by atoms with Crippen LogP contribution in [0, 0.1) is 16.7 Å². The van der Waals surface area contributed by atoms with Gasteiger partial charge in [-0.3, -0.25) is 0 Å². The van der Waals surface area contributed by atoms with Gasteiger partial charge in [0.15, 0.2) is 0 Å². The van der Waals surface area contributed by atoms with E-state index in [9.17, 15) is 10.0 Å². The molecule has 0 aromatic carbocycles. The van der Waals surface area contributed by atoms with Crippen molar-refractivity contribution in [2.24, 2.45) is 17.0 Å². The molecule has 0 saturated heterocycles. The van der Waals surface area contributed by atoms with Crippen molar-refractivity contribution in [1.29, 1.82) is 0 Å². The molecular formula is C9H17NO2. The van der Waals surface area contributed by atoms with Crippen molar-refractivity contribution in [1.82, 2.24) is 0 Å². The predicted octanol–water partition coefficient (Wildman–Crippen LogP) is 1.94. The third-order valence-electron chi connectivity index (χ3n) is 2.89. The lowest BCUT2D eigenvalue weighted by Gasteiger charge is -2.39. The average molecular weight is 171 g/mol. The number of nitroso groups, excluding NO2 is 1. The van der Waals surface area contributed by atoms with Crippen LogP contribution in [-0.4, -0.2) is 17.8 Å². The molecule has 0 spiro atoms. The zero-order valence-corrected chi connectivity index (χ0v) is 7.57. The Kier molecular flexibility index (Phi) is 3.66. The van der Waals surface area contributed by atoms with Crippen molar-refractivity contribution in [3.05, 3.63) is 4.91 Å². The van der Waals surface area contributed by atoms with E-state index in [2.05, 4.69) is 12.1 Å². The molecule has 0 bridgehead atoms. The number of nitrogens with zero attached hydrogens (tertiary/aromatic N) is 1. The van der Waals surface area contributed by atoms with Crippen molar-refractivity contribution in [3.63, 3.8) is 0 Å². The van der Waals surface area contributed by atoms with Gasteiger partial charge in [-0.1, -0.05) is 24.9 Å². The molecule has 0 amide bonds. The largest absolute Gasteiger partial charge is 0.391 e. The summed E-state index contributed by atoms with van der Waals surface area (Å²) in [4.78, 5) is 9.91. The van der Waals surface area contributed by atoms with Crippen LogP contribution in [0.4, 0.5) is 0 Å². The fourth-order valence-electron chi connectivity index (χ4n) is 2.04. The highest BCUT2D eigenvalue weighted by Gasteiger charge is 2.35. The lowest BCUT2D eigenvalue weighted by Crippen LogP contribution is -2.37. The molecule has 0 radical (unpaired) electrons. The lowest BCUT2D eigenvalue weighted by atomic mass is 9.69. The van der Waals surface area contributed by atoms with E-state index in [1.807, 2.05) is 0 Å². The number of hydrogen-bond donors (Lipinski definition) is 1. The molecule has 1 aliphatic rings. The second kappa shape index (κ2) is 4.55. The molecule has 3 atom stereocenters. The van der Waals surface area contributed by atoms with E-state index in [-0.39, 0.29) is 6.54 Å². The molecule has 0 aromatic rings. The molecule has 1 fully saturated rings. The summed E-state index contributed by atoms with van der Waals surface area (Å²) in [5, 5.41) is 12.2. The highest BCUT2D eigenvalue weighted by Crippen LogP contribution is 2.39. The fourth-order valence-corrected chi connectivity index (χ4v) is 2.04. The van der Waals surface area contributed by atoms with E-state index in [4.69, 9.17) is 0 Å². The summed E-state index contributed by atoms with van der Waals surface area (Å²) >= 11 is 0. The molecule has 1 N–H and O–H groups in total. The second-order valence-corrected chi connectivity index (χ2v) is 3.67. The summed E-state index contributed by atoms with van der Waals surface area (Å²) < 4.78 is 0. The van der Waals surface area contributed by atoms with Crippen LogP contribution < -0.4 is 0 Å². The van der Waals surface area contributed by atoms with Gasteiger partial charge >= 0.3 is 0 Å². The molecule has 12 heavy (non-hydrogen) atoms. The van der Waals surface area contributed by atoms with E-state index in [1.165, 1.54) is 19.3 Å². The maximum atomic E-state index is 9.91. The van der Waals surface area contributed by atoms with Crippen LogP contribution in [-0.2, 0) is 0 Å². The monoisotopic (exact) mass is 171 g/mol. The Morgan fingerprint density at radius 1 is 1.58 bits per heavy atom.